The van der Waals surface area contributed by atoms with Gasteiger partial charge in [0.15, 0.2) is 0 Å². The zero-order chi connectivity index (χ0) is 12.7. The van der Waals surface area contributed by atoms with Crippen LogP contribution in [0.2, 0.25) is 0 Å². The van der Waals surface area contributed by atoms with Crippen LogP contribution < -0.4 is 5.32 Å². The Hall–Kier alpha value is -2.53. The molecule has 0 atom stereocenters. The molecule has 17 heavy (non-hydrogen) atoms. The van der Waals surface area contributed by atoms with Gasteiger partial charge in [-0.05, 0) is 17.7 Å². The highest BCUT2D eigenvalue weighted by Gasteiger charge is 2.05. The van der Waals surface area contributed by atoms with Crippen molar-refractivity contribution in [1.82, 2.24) is 5.32 Å². The summed E-state index contributed by atoms with van der Waals surface area (Å²) in [6.07, 6.45) is -0.122. The van der Waals surface area contributed by atoms with Gasteiger partial charge in [-0.2, -0.15) is 0 Å². The first-order chi connectivity index (χ1) is 8.13. The van der Waals surface area contributed by atoms with Crippen LogP contribution in [0.4, 0.5) is 5.69 Å². The fourth-order valence-electron chi connectivity index (χ4n) is 1.12. The number of carbonyl (C=O) groups excluding carboxylic acids is 1. The van der Waals surface area contributed by atoms with Gasteiger partial charge < -0.3 is 10.4 Å². The molecule has 7 nitrogen and oxygen atoms in total. The summed E-state index contributed by atoms with van der Waals surface area (Å²) in [6, 6.07) is 6.01. The third kappa shape index (κ3) is 4.23. The molecular formula is C10H10N4O3. The van der Waals surface area contributed by atoms with Gasteiger partial charge in [0.2, 0.25) is 0 Å². The maximum atomic E-state index is 11.5. The van der Waals surface area contributed by atoms with E-state index in [9.17, 15) is 9.59 Å². The molecule has 1 amide bonds. The van der Waals surface area contributed by atoms with Crippen molar-refractivity contribution in [3.05, 3.63) is 40.3 Å². The molecule has 0 saturated heterocycles. The van der Waals surface area contributed by atoms with Gasteiger partial charge in [0.25, 0.3) is 5.91 Å². The van der Waals surface area contributed by atoms with E-state index in [1.165, 1.54) is 24.3 Å². The molecule has 88 valence electrons. The fraction of sp³-hybridized carbons (Fsp3) is 0.200. The van der Waals surface area contributed by atoms with Gasteiger partial charge in [-0.15, -0.1) is 0 Å². The minimum Gasteiger partial charge on any atom is -0.481 e. The average Bonchev–Trinajstić information content (AvgIpc) is 2.30. The molecule has 0 unspecified atom stereocenters. The topological polar surface area (TPSA) is 115 Å². The Labute approximate surface area is 96.7 Å². The second-order valence-corrected chi connectivity index (χ2v) is 3.14. The largest absolute Gasteiger partial charge is 0.481 e. The summed E-state index contributed by atoms with van der Waals surface area (Å²) in [6.45, 7) is 0.0757. The molecule has 0 aromatic heterocycles. The number of amides is 1. The molecule has 0 spiro atoms. The molecule has 0 heterocycles. The second kappa shape index (κ2) is 6.14. The summed E-state index contributed by atoms with van der Waals surface area (Å²) in [5.74, 6) is -1.33. The first-order valence-electron chi connectivity index (χ1n) is 4.78. The molecule has 1 rings (SSSR count). The minimum atomic E-state index is -0.969. The van der Waals surface area contributed by atoms with Crippen LogP contribution in [0.5, 0.6) is 0 Å². The molecule has 2 N–H and O–H groups in total. The number of hydrogen-bond donors (Lipinski definition) is 2. The van der Waals surface area contributed by atoms with Gasteiger partial charge in [-0.1, -0.05) is 17.2 Å². The van der Waals surface area contributed by atoms with Crippen LogP contribution in [0, 0.1) is 0 Å². The Morgan fingerprint density at radius 3 is 2.53 bits per heavy atom. The van der Waals surface area contributed by atoms with Crippen molar-refractivity contribution in [2.24, 2.45) is 5.11 Å². The van der Waals surface area contributed by atoms with E-state index in [0.29, 0.717) is 11.3 Å². The zero-order valence-corrected chi connectivity index (χ0v) is 8.83. The Morgan fingerprint density at radius 2 is 2.00 bits per heavy atom. The van der Waals surface area contributed by atoms with Gasteiger partial charge in [-0.3, -0.25) is 9.59 Å². The van der Waals surface area contributed by atoms with Crippen molar-refractivity contribution in [3.63, 3.8) is 0 Å². The van der Waals surface area contributed by atoms with Crippen molar-refractivity contribution in [1.29, 1.82) is 0 Å². The third-order valence-corrected chi connectivity index (χ3v) is 1.91. The predicted molar refractivity (Wildman–Crippen MR) is 59.8 cm³/mol. The number of azide groups is 1. The lowest BCUT2D eigenvalue weighted by Crippen LogP contribution is -2.25. The number of hydrogen-bond acceptors (Lipinski definition) is 3. The number of benzene rings is 1. The number of aliphatic carboxylic acids is 1. The van der Waals surface area contributed by atoms with Crippen molar-refractivity contribution in [2.45, 2.75) is 6.42 Å². The van der Waals surface area contributed by atoms with E-state index >= 15 is 0 Å². The Kier molecular flexibility index (Phi) is 4.53. The highest BCUT2D eigenvalue weighted by Crippen LogP contribution is 2.12. The van der Waals surface area contributed by atoms with Gasteiger partial charge in [-0.25, -0.2) is 0 Å². The zero-order valence-electron chi connectivity index (χ0n) is 8.83. The van der Waals surface area contributed by atoms with E-state index in [1.807, 2.05) is 0 Å². The molecule has 0 aliphatic carbocycles. The lowest BCUT2D eigenvalue weighted by atomic mass is 10.2. The van der Waals surface area contributed by atoms with Crippen LogP contribution in [0.1, 0.15) is 16.8 Å². The lowest BCUT2D eigenvalue weighted by molar-refractivity contribution is -0.136. The standard InChI is InChI=1S/C10H10N4O3/c11-14-13-8-3-1-7(2-4-8)10(17)12-6-5-9(15)16/h1-4H,5-6H2,(H,12,17)(H,15,16). The summed E-state index contributed by atoms with van der Waals surface area (Å²) >= 11 is 0. The second-order valence-electron chi connectivity index (χ2n) is 3.14. The molecule has 1 aromatic rings. The molecular weight excluding hydrogens is 224 g/mol. The summed E-state index contributed by atoms with van der Waals surface area (Å²) in [5.41, 5.74) is 8.98. The molecule has 0 bridgehead atoms. The van der Waals surface area contributed by atoms with Gasteiger partial charge in [0, 0.05) is 22.7 Å². The van der Waals surface area contributed by atoms with Gasteiger partial charge >= 0.3 is 5.97 Å². The monoisotopic (exact) mass is 234 g/mol. The molecule has 0 fully saturated rings. The Balaban J connectivity index is 2.57. The maximum Gasteiger partial charge on any atom is 0.305 e. The van der Waals surface area contributed by atoms with Crippen molar-refractivity contribution >= 4 is 17.6 Å². The van der Waals surface area contributed by atoms with E-state index in [0.717, 1.165) is 0 Å². The predicted octanol–water partition coefficient (Wildman–Crippen LogP) is 1.83. The smallest absolute Gasteiger partial charge is 0.305 e. The van der Waals surface area contributed by atoms with E-state index in [1.54, 1.807) is 0 Å². The van der Waals surface area contributed by atoms with Crippen LogP contribution in [0.3, 0.4) is 0 Å². The number of carbonyl (C=O) groups is 2. The Bertz CT molecular complexity index is 463. The summed E-state index contributed by atoms with van der Waals surface area (Å²) in [4.78, 5) is 24.3. The lowest BCUT2D eigenvalue weighted by Gasteiger charge is -2.03. The van der Waals surface area contributed by atoms with E-state index in [4.69, 9.17) is 10.6 Å². The van der Waals surface area contributed by atoms with Gasteiger partial charge in [0.1, 0.15) is 0 Å². The quantitative estimate of drug-likeness (QED) is 0.460. The normalized spacial score (nSPS) is 9.18. The molecule has 0 aliphatic heterocycles. The van der Waals surface area contributed by atoms with Crippen molar-refractivity contribution in [2.75, 3.05) is 6.54 Å². The number of carboxylic acids is 1. The summed E-state index contributed by atoms with van der Waals surface area (Å²) in [5, 5.41) is 14.2. The van der Waals surface area contributed by atoms with Crippen LogP contribution in [-0.4, -0.2) is 23.5 Å². The van der Waals surface area contributed by atoms with Crippen LogP contribution in [0.15, 0.2) is 29.4 Å². The first kappa shape index (κ1) is 12.5. The van der Waals surface area contributed by atoms with E-state index in [-0.39, 0.29) is 18.9 Å². The molecule has 0 aliphatic rings. The van der Waals surface area contributed by atoms with E-state index < -0.39 is 5.97 Å². The number of carboxylic acid groups (broad SMARTS) is 1. The maximum absolute atomic E-state index is 11.5. The van der Waals surface area contributed by atoms with E-state index in [2.05, 4.69) is 15.3 Å². The Morgan fingerprint density at radius 1 is 1.35 bits per heavy atom. The van der Waals surface area contributed by atoms with Crippen LogP contribution in [0.25, 0.3) is 10.4 Å². The minimum absolute atomic E-state index is 0.0757. The highest BCUT2D eigenvalue weighted by molar-refractivity contribution is 5.94. The highest BCUT2D eigenvalue weighted by atomic mass is 16.4. The third-order valence-electron chi connectivity index (χ3n) is 1.91. The molecule has 0 saturated carbocycles. The van der Waals surface area contributed by atoms with Crippen molar-refractivity contribution < 1.29 is 14.7 Å². The average molecular weight is 234 g/mol. The first-order valence-corrected chi connectivity index (χ1v) is 4.78. The molecule has 1 aromatic carbocycles. The van der Waals surface area contributed by atoms with Gasteiger partial charge in [0.05, 0.1) is 6.42 Å². The number of rotatable bonds is 5. The number of nitrogens with zero attached hydrogens (tertiary/aromatic N) is 3. The fourth-order valence-corrected chi connectivity index (χ4v) is 1.12. The summed E-state index contributed by atoms with van der Waals surface area (Å²) < 4.78 is 0. The summed E-state index contributed by atoms with van der Waals surface area (Å²) in [7, 11) is 0. The van der Waals surface area contributed by atoms with Crippen molar-refractivity contribution in [3.8, 4) is 0 Å². The SMILES string of the molecule is [N-]=[N+]=Nc1ccc(C(=O)NCCC(=O)O)cc1. The molecule has 0 radical (unpaired) electrons. The van der Waals surface area contributed by atoms with Crippen LogP contribution >= 0.6 is 0 Å². The molecule has 7 heteroatoms. The van der Waals surface area contributed by atoms with Crippen LogP contribution in [-0.2, 0) is 4.79 Å². The number of nitrogens with one attached hydrogen (secondary N) is 1.